The van der Waals surface area contributed by atoms with Gasteiger partial charge in [0.05, 0.1) is 20.6 Å². The van der Waals surface area contributed by atoms with E-state index in [1.807, 2.05) is 0 Å². The topological polar surface area (TPSA) is 84.9 Å². The molecule has 1 unspecified atom stereocenters. The molecule has 1 aromatic rings. The SMILES string of the molecule is COc1cc2c(cc1OC)C(=O)NC(CC(=O)O)C2. The summed E-state index contributed by atoms with van der Waals surface area (Å²) in [6, 6.07) is 2.94. The molecule has 0 radical (unpaired) electrons. The molecule has 102 valence electrons. The first-order valence-electron chi connectivity index (χ1n) is 5.82. The van der Waals surface area contributed by atoms with Crippen LogP contribution in [0.3, 0.4) is 0 Å². The van der Waals surface area contributed by atoms with Gasteiger partial charge in [-0.25, -0.2) is 0 Å². The molecule has 0 saturated heterocycles. The smallest absolute Gasteiger partial charge is 0.305 e. The molecule has 2 rings (SSSR count). The molecule has 0 aliphatic carbocycles. The zero-order valence-electron chi connectivity index (χ0n) is 10.7. The van der Waals surface area contributed by atoms with Crippen molar-refractivity contribution in [2.75, 3.05) is 14.2 Å². The lowest BCUT2D eigenvalue weighted by Crippen LogP contribution is -2.42. The molecule has 1 aliphatic heterocycles. The van der Waals surface area contributed by atoms with Gasteiger partial charge in [-0.3, -0.25) is 9.59 Å². The van der Waals surface area contributed by atoms with Crippen LogP contribution in [0.15, 0.2) is 12.1 Å². The van der Waals surface area contributed by atoms with Gasteiger partial charge in [-0.2, -0.15) is 0 Å². The van der Waals surface area contributed by atoms with E-state index in [1.165, 1.54) is 14.2 Å². The number of fused-ring (bicyclic) bond motifs is 1. The maximum atomic E-state index is 11.9. The first kappa shape index (κ1) is 13.2. The van der Waals surface area contributed by atoms with Gasteiger partial charge in [0.1, 0.15) is 0 Å². The average molecular weight is 265 g/mol. The molecule has 6 nitrogen and oxygen atoms in total. The largest absolute Gasteiger partial charge is 0.493 e. The van der Waals surface area contributed by atoms with Crippen molar-refractivity contribution in [2.24, 2.45) is 0 Å². The van der Waals surface area contributed by atoms with Crippen LogP contribution >= 0.6 is 0 Å². The van der Waals surface area contributed by atoms with Crippen LogP contribution in [0.25, 0.3) is 0 Å². The lowest BCUT2D eigenvalue weighted by Gasteiger charge is -2.25. The molecule has 1 aliphatic rings. The summed E-state index contributed by atoms with van der Waals surface area (Å²) < 4.78 is 10.3. The minimum absolute atomic E-state index is 0.0977. The van der Waals surface area contributed by atoms with Crippen molar-refractivity contribution in [3.05, 3.63) is 23.3 Å². The fourth-order valence-electron chi connectivity index (χ4n) is 2.21. The molecular formula is C13H15NO5. The molecule has 1 aromatic carbocycles. The van der Waals surface area contributed by atoms with E-state index in [0.717, 1.165) is 5.56 Å². The van der Waals surface area contributed by atoms with E-state index in [1.54, 1.807) is 12.1 Å². The van der Waals surface area contributed by atoms with Crippen molar-refractivity contribution >= 4 is 11.9 Å². The van der Waals surface area contributed by atoms with E-state index in [0.29, 0.717) is 23.5 Å². The molecule has 0 fully saturated rings. The Morgan fingerprint density at radius 3 is 2.58 bits per heavy atom. The third-order valence-electron chi connectivity index (χ3n) is 3.08. The molecule has 2 N–H and O–H groups in total. The summed E-state index contributed by atoms with van der Waals surface area (Å²) >= 11 is 0. The van der Waals surface area contributed by atoms with Crippen molar-refractivity contribution in [3.8, 4) is 11.5 Å². The van der Waals surface area contributed by atoms with Crippen molar-refractivity contribution in [1.82, 2.24) is 5.32 Å². The Balaban J connectivity index is 2.36. The molecular weight excluding hydrogens is 250 g/mol. The summed E-state index contributed by atoms with van der Waals surface area (Å²) in [5.74, 6) is -0.208. The predicted molar refractivity (Wildman–Crippen MR) is 66.8 cm³/mol. The summed E-state index contributed by atoms with van der Waals surface area (Å²) in [7, 11) is 3.01. The Bertz CT molecular complexity index is 526. The second-order valence-electron chi connectivity index (χ2n) is 4.34. The number of carboxylic acid groups (broad SMARTS) is 1. The van der Waals surface area contributed by atoms with Crippen LogP contribution in [0.4, 0.5) is 0 Å². The fraction of sp³-hybridized carbons (Fsp3) is 0.385. The van der Waals surface area contributed by atoms with Crippen LogP contribution in [0.1, 0.15) is 22.3 Å². The van der Waals surface area contributed by atoms with Gasteiger partial charge in [-0.1, -0.05) is 0 Å². The summed E-state index contributed by atoms with van der Waals surface area (Å²) in [6.45, 7) is 0. The number of methoxy groups -OCH3 is 2. The molecule has 0 bridgehead atoms. The van der Waals surface area contributed by atoms with Gasteiger partial charge in [0.2, 0.25) is 0 Å². The van der Waals surface area contributed by atoms with Gasteiger partial charge in [0.25, 0.3) is 5.91 Å². The Kier molecular flexibility index (Phi) is 3.59. The van der Waals surface area contributed by atoms with Crippen LogP contribution in [-0.2, 0) is 11.2 Å². The standard InChI is InChI=1S/C13H15NO5/c1-18-10-4-7-3-8(5-12(15)16)14-13(17)9(7)6-11(10)19-2/h4,6,8H,3,5H2,1-2H3,(H,14,17)(H,15,16). The van der Waals surface area contributed by atoms with Crippen LogP contribution < -0.4 is 14.8 Å². The van der Waals surface area contributed by atoms with E-state index >= 15 is 0 Å². The first-order valence-corrected chi connectivity index (χ1v) is 5.82. The molecule has 1 amide bonds. The molecule has 0 spiro atoms. The molecule has 19 heavy (non-hydrogen) atoms. The second kappa shape index (κ2) is 5.17. The number of carbonyl (C=O) groups is 2. The van der Waals surface area contributed by atoms with Gasteiger partial charge in [0, 0.05) is 11.6 Å². The Morgan fingerprint density at radius 2 is 2.00 bits per heavy atom. The monoisotopic (exact) mass is 265 g/mol. The molecule has 6 heteroatoms. The second-order valence-corrected chi connectivity index (χ2v) is 4.34. The molecule has 1 atom stereocenters. The Morgan fingerprint density at radius 1 is 1.37 bits per heavy atom. The minimum Gasteiger partial charge on any atom is -0.493 e. The quantitative estimate of drug-likeness (QED) is 0.842. The number of rotatable bonds is 4. The number of aliphatic carboxylic acids is 1. The van der Waals surface area contributed by atoms with Gasteiger partial charge >= 0.3 is 5.97 Å². The van der Waals surface area contributed by atoms with Crippen molar-refractivity contribution < 1.29 is 24.2 Å². The number of ether oxygens (including phenoxy) is 2. The van der Waals surface area contributed by atoms with Crippen molar-refractivity contribution in [3.63, 3.8) is 0 Å². The highest BCUT2D eigenvalue weighted by atomic mass is 16.5. The van der Waals surface area contributed by atoms with Crippen LogP contribution in [-0.4, -0.2) is 37.2 Å². The lowest BCUT2D eigenvalue weighted by atomic mass is 9.93. The summed E-state index contributed by atoms with van der Waals surface area (Å²) in [5.41, 5.74) is 1.27. The average Bonchev–Trinajstić information content (AvgIpc) is 2.36. The van der Waals surface area contributed by atoms with Crippen molar-refractivity contribution in [2.45, 2.75) is 18.9 Å². The van der Waals surface area contributed by atoms with Crippen LogP contribution in [0.5, 0.6) is 11.5 Å². The fourth-order valence-corrected chi connectivity index (χ4v) is 2.21. The number of amides is 1. The van der Waals surface area contributed by atoms with Gasteiger partial charge in [-0.05, 0) is 24.1 Å². The number of hydrogen-bond acceptors (Lipinski definition) is 4. The van der Waals surface area contributed by atoms with Crippen LogP contribution in [0, 0.1) is 0 Å². The highest BCUT2D eigenvalue weighted by Gasteiger charge is 2.27. The summed E-state index contributed by atoms with van der Waals surface area (Å²) in [4.78, 5) is 22.7. The summed E-state index contributed by atoms with van der Waals surface area (Å²) in [5, 5.41) is 11.5. The van der Waals surface area contributed by atoms with Crippen molar-refractivity contribution in [1.29, 1.82) is 0 Å². The highest BCUT2D eigenvalue weighted by molar-refractivity contribution is 5.98. The van der Waals surface area contributed by atoms with E-state index in [9.17, 15) is 9.59 Å². The zero-order valence-corrected chi connectivity index (χ0v) is 10.7. The highest BCUT2D eigenvalue weighted by Crippen LogP contribution is 2.32. The van der Waals surface area contributed by atoms with E-state index in [-0.39, 0.29) is 12.3 Å². The van der Waals surface area contributed by atoms with E-state index in [4.69, 9.17) is 14.6 Å². The number of hydrogen-bond donors (Lipinski definition) is 2. The van der Waals surface area contributed by atoms with Crippen LogP contribution in [0.2, 0.25) is 0 Å². The maximum Gasteiger partial charge on any atom is 0.305 e. The maximum absolute atomic E-state index is 11.9. The van der Waals surface area contributed by atoms with Gasteiger partial charge in [-0.15, -0.1) is 0 Å². The van der Waals surface area contributed by atoms with Gasteiger partial charge in [0.15, 0.2) is 11.5 Å². The molecule has 0 aromatic heterocycles. The number of nitrogens with one attached hydrogen (secondary N) is 1. The van der Waals surface area contributed by atoms with Gasteiger partial charge < -0.3 is 19.9 Å². The lowest BCUT2D eigenvalue weighted by molar-refractivity contribution is -0.137. The first-order chi connectivity index (χ1) is 9.05. The zero-order chi connectivity index (χ0) is 14.0. The normalized spacial score (nSPS) is 17.4. The third kappa shape index (κ3) is 2.62. The molecule has 1 heterocycles. The summed E-state index contributed by atoms with van der Waals surface area (Å²) in [6.07, 6.45) is 0.368. The number of carbonyl (C=O) groups excluding carboxylic acids is 1. The predicted octanol–water partition coefficient (Wildman–Crippen LogP) is 0.833. The van der Waals surface area contributed by atoms with E-state index < -0.39 is 12.0 Å². The number of benzene rings is 1. The number of carboxylic acids is 1. The Hall–Kier alpha value is -2.24. The van der Waals surface area contributed by atoms with E-state index in [2.05, 4.69) is 5.32 Å². The molecule has 0 saturated carbocycles. The third-order valence-corrected chi connectivity index (χ3v) is 3.08. The Labute approximate surface area is 110 Å². The minimum atomic E-state index is -0.936.